The van der Waals surface area contributed by atoms with E-state index < -0.39 is 0 Å². The van der Waals surface area contributed by atoms with Crippen molar-refractivity contribution in [2.24, 2.45) is 0 Å². The number of benzene rings is 2. The van der Waals surface area contributed by atoms with Crippen LogP contribution in [0.1, 0.15) is 18.4 Å². The predicted octanol–water partition coefficient (Wildman–Crippen LogP) is 4.74. The van der Waals surface area contributed by atoms with E-state index >= 15 is 0 Å². The van der Waals surface area contributed by atoms with Crippen molar-refractivity contribution >= 4 is 11.8 Å². The first-order valence-corrected chi connectivity index (χ1v) is 11.3. The van der Waals surface area contributed by atoms with Gasteiger partial charge in [0.25, 0.3) is 0 Å². The Labute approximate surface area is 184 Å². The summed E-state index contributed by atoms with van der Waals surface area (Å²) in [5.41, 5.74) is 3.07. The van der Waals surface area contributed by atoms with Crippen LogP contribution in [0.3, 0.4) is 0 Å². The fourth-order valence-electron chi connectivity index (χ4n) is 3.68. The topological polar surface area (TPSA) is 57.8 Å². The second-order valence-electron chi connectivity index (χ2n) is 7.46. The average molecular weight is 436 g/mol. The zero-order chi connectivity index (χ0) is 21.0. The average Bonchev–Trinajstić information content (AvgIpc) is 3.57. The molecule has 0 amide bonds. The standard InChI is InChI=1S/C23H22FN5OS/c24-19-8-6-18(7-9-19)22-26-27-23(28(22)15-21-3-1-14-30-21)31-16-17-4-10-20(11-5-17)29-13-2-12-25-29/h2,4-13,21H,1,3,14-16H2. The van der Waals surface area contributed by atoms with Crippen molar-refractivity contribution in [3.8, 4) is 17.1 Å². The second kappa shape index (κ2) is 9.03. The molecule has 1 aliphatic heterocycles. The van der Waals surface area contributed by atoms with Crippen molar-refractivity contribution in [2.75, 3.05) is 6.61 Å². The summed E-state index contributed by atoms with van der Waals surface area (Å²) in [6, 6.07) is 16.6. The SMILES string of the molecule is Fc1ccc(-c2nnc(SCc3ccc(-n4cccn4)cc3)n2CC2CCCO2)cc1. The first-order chi connectivity index (χ1) is 15.3. The van der Waals surface area contributed by atoms with E-state index in [0.29, 0.717) is 6.54 Å². The molecule has 0 radical (unpaired) electrons. The van der Waals surface area contributed by atoms with Crippen molar-refractivity contribution in [1.29, 1.82) is 0 Å². The highest BCUT2D eigenvalue weighted by molar-refractivity contribution is 7.98. The number of nitrogens with zero attached hydrogens (tertiary/aromatic N) is 5. The summed E-state index contributed by atoms with van der Waals surface area (Å²) in [6.07, 6.45) is 5.95. The number of hydrogen-bond acceptors (Lipinski definition) is 5. The third kappa shape index (κ3) is 4.55. The minimum atomic E-state index is -0.262. The second-order valence-corrected chi connectivity index (χ2v) is 8.41. The normalized spacial score (nSPS) is 16.1. The Morgan fingerprint density at radius 1 is 1.06 bits per heavy atom. The first-order valence-electron chi connectivity index (χ1n) is 10.3. The molecular formula is C23H22FN5OS. The summed E-state index contributed by atoms with van der Waals surface area (Å²) >= 11 is 1.64. The van der Waals surface area contributed by atoms with E-state index in [1.165, 1.54) is 17.7 Å². The van der Waals surface area contributed by atoms with E-state index in [0.717, 1.165) is 47.4 Å². The molecule has 1 saturated heterocycles. The molecule has 8 heteroatoms. The number of ether oxygens (including phenoxy) is 1. The van der Waals surface area contributed by atoms with Gasteiger partial charge in [0.05, 0.1) is 18.3 Å². The number of thioether (sulfide) groups is 1. The third-order valence-corrected chi connectivity index (χ3v) is 6.34. The van der Waals surface area contributed by atoms with Crippen LogP contribution in [0.4, 0.5) is 4.39 Å². The van der Waals surface area contributed by atoms with Crippen LogP contribution < -0.4 is 0 Å². The lowest BCUT2D eigenvalue weighted by Crippen LogP contribution is -2.16. The molecule has 158 valence electrons. The van der Waals surface area contributed by atoms with Crippen molar-refractivity contribution in [1.82, 2.24) is 24.5 Å². The van der Waals surface area contributed by atoms with E-state index in [4.69, 9.17) is 4.74 Å². The van der Waals surface area contributed by atoms with Crippen LogP contribution in [0.15, 0.2) is 72.1 Å². The molecule has 2 aromatic carbocycles. The van der Waals surface area contributed by atoms with E-state index in [1.807, 2.05) is 16.9 Å². The lowest BCUT2D eigenvalue weighted by atomic mass is 10.2. The fraction of sp³-hybridized carbons (Fsp3) is 0.261. The first kappa shape index (κ1) is 20.0. The largest absolute Gasteiger partial charge is 0.376 e. The maximum Gasteiger partial charge on any atom is 0.191 e. The lowest BCUT2D eigenvalue weighted by Gasteiger charge is -2.15. The number of rotatable bonds is 7. The van der Waals surface area contributed by atoms with E-state index in [1.54, 1.807) is 30.1 Å². The van der Waals surface area contributed by atoms with Crippen molar-refractivity contribution in [3.63, 3.8) is 0 Å². The quantitative estimate of drug-likeness (QED) is 0.393. The molecule has 5 rings (SSSR count). The Hall–Kier alpha value is -2.97. The van der Waals surface area contributed by atoms with Crippen molar-refractivity contribution in [3.05, 3.63) is 78.4 Å². The van der Waals surface area contributed by atoms with Gasteiger partial charge in [-0.1, -0.05) is 23.9 Å². The van der Waals surface area contributed by atoms with E-state index in [9.17, 15) is 4.39 Å². The van der Waals surface area contributed by atoms with Crippen molar-refractivity contribution in [2.45, 2.75) is 36.4 Å². The minimum absolute atomic E-state index is 0.155. The van der Waals surface area contributed by atoms with Gasteiger partial charge >= 0.3 is 0 Å². The Balaban J connectivity index is 1.36. The molecule has 31 heavy (non-hydrogen) atoms. The van der Waals surface area contributed by atoms with Crippen LogP contribution in [0, 0.1) is 5.82 Å². The summed E-state index contributed by atoms with van der Waals surface area (Å²) in [7, 11) is 0. The highest BCUT2D eigenvalue weighted by Gasteiger charge is 2.22. The Morgan fingerprint density at radius 2 is 1.90 bits per heavy atom. The molecule has 0 saturated carbocycles. The molecule has 2 aromatic heterocycles. The summed E-state index contributed by atoms with van der Waals surface area (Å²) in [6.45, 7) is 1.49. The van der Waals surface area contributed by atoms with E-state index in [-0.39, 0.29) is 11.9 Å². The van der Waals surface area contributed by atoms with Gasteiger partial charge in [-0.3, -0.25) is 4.57 Å². The van der Waals surface area contributed by atoms with Gasteiger partial charge in [-0.2, -0.15) is 5.10 Å². The maximum absolute atomic E-state index is 13.4. The zero-order valence-corrected chi connectivity index (χ0v) is 17.7. The van der Waals surface area contributed by atoms with Gasteiger partial charge in [-0.15, -0.1) is 10.2 Å². The highest BCUT2D eigenvalue weighted by atomic mass is 32.2. The van der Waals surface area contributed by atoms with Gasteiger partial charge in [0.15, 0.2) is 11.0 Å². The molecule has 1 unspecified atom stereocenters. The minimum Gasteiger partial charge on any atom is -0.376 e. The van der Waals surface area contributed by atoms with Crippen LogP contribution in [-0.4, -0.2) is 37.3 Å². The van der Waals surface area contributed by atoms with Gasteiger partial charge in [0.1, 0.15) is 5.82 Å². The molecule has 1 atom stereocenters. The highest BCUT2D eigenvalue weighted by Crippen LogP contribution is 2.28. The molecule has 3 heterocycles. The fourth-order valence-corrected chi connectivity index (χ4v) is 4.58. The summed E-state index contributed by atoms with van der Waals surface area (Å²) in [5.74, 6) is 1.25. The molecule has 1 fully saturated rings. The molecule has 0 bridgehead atoms. The number of hydrogen-bond donors (Lipinski definition) is 0. The van der Waals surface area contributed by atoms with Crippen LogP contribution in [-0.2, 0) is 17.0 Å². The Bertz CT molecular complexity index is 1120. The zero-order valence-electron chi connectivity index (χ0n) is 16.9. The summed E-state index contributed by atoms with van der Waals surface area (Å²) in [4.78, 5) is 0. The smallest absolute Gasteiger partial charge is 0.191 e. The van der Waals surface area contributed by atoms with E-state index in [2.05, 4.69) is 44.1 Å². The summed E-state index contributed by atoms with van der Waals surface area (Å²) < 4.78 is 23.2. The van der Waals surface area contributed by atoms with Gasteiger partial charge in [0, 0.05) is 30.3 Å². The van der Waals surface area contributed by atoms with Gasteiger partial charge < -0.3 is 4.74 Å². The molecule has 4 aromatic rings. The van der Waals surface area contributed by atoms with Gasteiger partial charge in [-0.05, 0) is 60.9 Å². The molecular weight excluding hydrogens is 413 g/mol. The monoisotopic (exact) mass is 435 g/mol. The van der Waals surface area contributed by atoms with Crippen LogP contribution in [0.5, 0.6) is 0 Å². The molecule has 1 aliphatic rings. The number of aromatic nitrogens is 5. The van der Waals surface area contributed by atoms with Gasteiger partial charge in [-0.25, -0.2) is 9.07 Å². The maximum atomic E-state index is 13.4. The van der Waals surface area contributed by atoms with Gasteiger partial charge in [0.2, 0.25) is 0 Å². The van der Waals surface area contributed by atoms with Crippen LogP contribution in [0.25, 0.3) is 17.1 Å². The lowest BCUT2D eigenvalue weighted by molar-refractivity contribution is 0.0953. The van der Waals surface area contributed by atoms with Crippen molar-refractivity contribution < 1.29 is 9.13 Å². The number of halogens is 1. The Kier molecular flexibility index (Phi) is 5.82. The molecule has 0 N–H and O–H groups in total. The third-order valence-electron chi connectivity index (χ3n) is 5.30. The van der Waals surface area contributed by atoms with Crippen LogP contribution in [0.2, 0.25) is 0 Å². The molecule has 6 nitrogen and oxygen atoms in total. The predicted molar refractivity (Wildman–Crippen MR) is 118 cm³/mol. The molecule has 0 aliphatic carbocycles. The van der Waals surface area contributed by atoms with Crippen LogP contribution >= 0.6 is 11.8 Å². The summed E-state index contributed by atoms with van der Waals surface area (Å²) in [5, 5.41) is 14.0. The molecule has 0 spiro atoms. The Morgan fingerprint density at radius 3 is 2.61 bits per heavy atom.